The fourth-order valence-corrected chi connectivity index (χ4v) is 2.98. The van der Waals surface area contributed by atoms with Crippen molar-refractivity contribution in [3.8, 4) is 5.75 Å². The van der Waals surface area contributed by atoms with Gasteiger partial charge in [0.2, 0.25) is 5.13 Å². The standard InChI is InChI=1S/C14H18ClN3OS/c1-9(2)6-13-17-18-14(20-13)16-8-10-4-5-12(19-3)11(15)7-10/h4-5,7,9H,6,8H2,1-3H3,(H,16,18). The van der Waals surface area contributed by atoms with E-state index < -0.39 is 0 Å². The number of rotatable bonds is 6. The average molecular weight is 312 g/mol. The van der Waals surface area contributed by atoms with Crippen LogP contribution in [0.5, 0.6) is 5.75 Å². The molecule has 1 heterocycles. The predicted molar refractivity (Wildman–Crippen MR) is 83.8 cm³/mol. The molecule has 20 heavy (non-hydrogen) atoms. The van der Waals surface area contributed by atoms with E-state index in [1.807, 2.05) is 18.2 Å². The number of hydrogen-bond acceptors (Lipinski definition) is 5. The second kappa shape index (κ2) is 6.90. The highest BCUT2D eigenvalue weighted by molar-refractivity contribution is 7.15. The van der Waals surface area contributed by atoms with Crippen molar-refractivity contribution in [2.45, 2.75) is 26.8 Å². The zero-order valence-corrected chi connectivity index (χ0v) is 13.4. The average Bonchev–Trinajstić information content (AvgIpc) is 2.83. The summed E-state index contributed by atoms with van der Waals surface area (Å²) in [7, 11) is 1.61. The first-order valence-corrected chi connectivity index (χ1v) is 7.66. The SMILES string of the molecule is COc1ccc(CNc2nnc(CC(C)C)s2)cc1Cl. The molecule has 0 unspecified atom stereocenters. The van der Waals surface area contributed by atoms with Crippen LogP contribution in [0.25, 0.3) is 0 Å². The van der Waals surface area contributed by atoms with E-state index in [0.29, 0.717) is 23.2 Å². The molecule has 4 nitrogen and oxygen atoms in total. The van der Waals surface area contributed by atoms with Gasteiger partial charge in [0.1, 0.15) is 10.8 Å². The summed E-state index contributed by atoms with van der Waals surface area (Å²) in [6, 6.07) is 5.74. The monoisotopic (exact) mass is 311 g/mol. The Morgan fingerprint density at radius 2 is 2.15 bits per heavy atom. The number of nitrogens with zero attached hydrogens (tertiary/aromatic N) is 2. The van der Waals surface area contributed by atoms with Crippen molar-refractivity contribution in [1.29, 1.82) is 0 Å². The van der Waals surface area contributed by atoms with Gasteiger partial charge in [-0.25, -0.2) is 0 Å². The fraction of sp³-hybridized carbons (Fsp3) is 0.429. The Balaban J connectivity index is 1.94. The van der Waals surface area contributed by atoms with Gasteiger partial charge in [-0.2, -0.15) is 0 Å². The molecule has 2 rings (SSSR count). The second-order valence-corrected chi connectivity index (χ2v) is 6.39. The van der Waals surface area contributed by atoms with Gasteiger partial charge < -0.3 is 10.1 Å². The van der Waals surface area contributed by atoms with E-state index in [1.165, 1.54) is 0 Å². The maximum absolute atomic E-state index is 6.09. The van der Waals surface area contributed by atoms with E-state index in [9.17, 15) is 0 Å². The summed E-state index contributed by atoms with van der Waals surface area (Å²) in [6.45, 7) is 5.02. The molecule has 0 aliphatic heterocycles. The van der Waals surface area contributed by atoms with Gasteiger partial charge in [-0.05, 0) is 23.6 Å². The van der Waals surface area contributed by atoms with Gasteiger partial charge in [0.15, 0.2) is 0 Å². The normalized spacial score (nSPS) is 10.8. The van der Waals surface area contributed by atoms with Crippen LogP contribution in [0.4, 0.5) is 5.13 Å². The van der Waals surface area contributed by atoms with Crippen molar-refractivity contribution in [3.05, 3.63) is 33.8 Å². The van der Waals surface area contributed by atoms with Crippen LogP contribution >= 0.6 is 22.9 Å². The zero-order valence-electron chi connectivity index (χ0n) is 11.8. The van der Waals surface area contributed by atoms with Crippen LogP contribution in [-0.2, 0) is 13.0 Å². The molecule has 0 bridgehead atoms. The first-order valence-electron chi connectivity index (χ1n) is 6.47. The molecule has 6 heteroatoms. The number of anilines is 1. The van der Waals surface area contributed by atoms with Crippen LogP contribution in [0.2, 0.25) is 5.02 Å². The largest absolute Gasteiger partial charge is 0.495 e. The summed E-state index contributed by atoms with van der Waals surface area (Å²) >= 11 is 7.70. The maximum atomic E-state index is 6.09. The topological polar surface area (TPSA) is 47.0 Å². The number of nitrogens with one attached hydrogen (secondary N) is 1. The number of methoxy groups -OCH3 is 1. The van der Waals surface area contributed by atoms with Crippen LogP contribution in [0.3, 0.4) is 0 Å². The number of aromatic nitrogens is 2. The highest BCUT2D eigenvalue weighted by Crippen LogP contribution is 2.25. The Morgan fingerprint density at radius 3 is 2.80 bits per heavy atom. The number of halogens is 1. The van der Waals surface area contributed by atoms with Gasteiger partial charge in [0, 0.05) is 13.0 Å². The molecule has 0 spiro atoms. The molecule has 0 aliphatic carbocycles. The quantitative estimate of drug-likeness (QED) is 0.875. The third kappa shape index (κ3) is 4.08. The maximum Gasteiger partial charge on any atom is 0.205 e. The summed E-state index contributed by atoms with van der Waals surface area (Å²) in [4.78, 5) is 0. The van der Waals surface area contributed by atoms with Crippen molar-refractivity contribution >= 4 is 28.1 Å². The van der Waals surface area contributed by atoms with Crippen LogP contribution < -0.4 is 10.1 Å². The molecule has 0 fully saturated rings. The molecule has 1 N–H and O–H groups in total. The van der Waals surface area contributed by atoms with E-state index in [2.05, 4.69) is 29.4 Å². The molecular weight excluding hydrogens is 294 g/mol. The number of benzene rings is 1. The molecule has 0 radical (unpaired) electrons. The van der Waals surface area contributed by atoms with Gasteiger partial charge in [0.25, 0.3) is 0 Å². The molecule has 108 valence electrons. The number of hydrogen-bond donors (Lipinski definition) is 1. The van der Waals surface area contributed by atoms with E-state index in [0.717, 1.165) is 22.1 Å². The number of ether oxygens (including phenoxy) is 1. The zero-order chi connectivity index (χ0) is 14.5. The highest BCUT2D eigenvalue weighted by Gasteiger charge is 2.07. The van der Waals surface area contributed by atoms with Crippen molar-refractivity contribution in [2.24, 2.45) is 5.92 Å². The summed E-state index contributed by atoms with van der Waals surface area (Å²) in [6.07, 6.45) is 0.966. The molecule has 2 aromatic rings. The Bertz CT molecular complexity index is 571. The Hall–Kier alpha value is -1.33. The Kier molecular flexibility index (Phi) is 5.20. The minimum absolute atomic E-state index is 0.594. The van der Waals surface area contributed by atoms with Crippen LogP contribution in [0.1, 0.15) is 24.4 Å². The molecule has 1 aromatic heterocycles. The molecule has 0 amide bonds. The van der Waals surface area contributed by atoms with Gasteiger partial charge >= 0.3 is 0 Å². The molecule has 0 atom stereocenters. The van der Waals surface area contributed by atoms with Crippen molar-refractivity contribution in [1.82, 2.24) is 10.2 Å². The molecule has 0 aliphatic rings. The molecule has 0 saturated heterocycles. The van der Waals surface area contributed by atoms with Crippen LogP contribution in [0.15, 0.2) is 18.2 Å². The van der Waals surface area contributed by atoms with E-state index in [4.69, 9.17) is 16.3 Å². The van der Waals surface area contributed by atoms with E-state index >= 15 is 0 Å². The van der Waals surface area contributed by atoms with Crippen LogP contribution in [-0.4, -0.2) is 17.3 Å². The lowest BCUT2D eigenvalue weighted by Gasteiger charge is -2.06. The first kappa shape index (κ1) is 15.1. The summed E-state index contributed by atoms with van der Waals surface area (Å²) < 4.78 is 5.13. The second-order valence-electron chi connectivity index (χ2n) is 4.92. The molecule has 1 aromatic carbocycles. The van der Waals surface area contributed by atoms with Gasteiger partial charge in [-0.1, -0.05) is 42.9 Å². The first-order chi connectivity index (χ1) is 9.58. The summed E-state index contributed by atoms with van der Waals surface area (Å²) in [5.74, 6) is 1.28. The minimum Gasteiger partial charge on any atom is -0.495 e. The Morgan fingerprint density at radius 1 is 1.35 bits per heavy atom. The minimum atomic E-state index is 0.594. The van der Waals surface area contributed by atoms with Crippen LogP contribution in [0, 0.1) is 5.92 Å². The highest BCUT2D eigenvalue weighted by atomic mass is 35.5. The van der Waals surface area contributed by atoms with Crippen molar-refractivity contribution < 1.29 is 4.74 Å². The lowest BCUT2D eigenvalue weighted by atomic mass is 10.1. The smallest absolute Gasteiger partial charge is 0.205 e. The molecule has 0 saturated carbocycles. The lowest BCUT2D eigenvalue weighted by molar-refractivity contribution is 0.415. The summed E-state index contributed by atoms with van der Waals surface area (Å²) in [5, 5.41) is 14.1. The lowest BCUT2D eigenvalue weighted by Crippen LogP contribution is -1.99. The van der Waals surface area contributed by atoms with Gasteiger partial charge in [-0.15, -0.1) is 10.2 Å². The third-order valence-corrected chi connectivity index (χ3v) is 3.91. The predicted octanol–water partition coefficient (Wildman–Crippen LogP) is 4.01. The molecular formula is C14H18ClN3OS. The fourth-order valence-electron chi connectivity index (χ4n) is 1.75. The van der Waals surface area contributed by atoms with Crippen molar-refractivity contribution in [2.75, 3.05) is 12.4 Å². The van der Waals surface area contributed by atoms with Gasteiger partial charge in [0.05, 0.1) is 12.1 Å². The van der Waals surface area contributed by atoms with E-state index in [1.54, 1.807) is 18.4 Å². The van der Waals surface area contributed by atoms with E-state index in [-0.39, 0.29) is 0 Å². The summed E-state index contributed by atoms with van der Waals surface area (Å²) in [5.41, 5.74) is 1.08. The van der Waals surface area contributed by atoms with Gasteiger partial charge in [-0.3, -0.25) is 0 Å². The Labute approximate surface area is 128 Å². The van der Waals surface area contributed by atoms with Crippen molar-refractivity contribution in [3.63, 3.8) is 0 Å². The third-order valence-electron chi connectivity index (χ3n) is 2.71.